The van der Waals surface area contributed by atoms with E-state index in [1.807, 2.05) is 0 Å². The zero-order valence-electron chi connectivity index (χ0n) is 9.86. The average Bonchev–Trinajstić information content (AvgIpc) is 2.39. The SMILES string of the molecule is O=[N+]([O-])c1ccc(Sc2cc(Cl)ccc2[N+](=O)[O-])cc1. The topological polar surface area (TPSA) is 86.3 Å². The van der Waals surface area contributed by atoms with Crippen LogP contribution in [0.2, 0.25) is 5.02 Å². The molecule has 0 aliphatic rings. The molecule has 0 spiro atoms. The van der Waals surface area contributed by atoms with E-state index in [0.717, 1.165) is 11.8 Å². The van der Waals surface area contributed by atoms with Crippen molar-refractivity contribution >= 4 is 34.7 Å². The van der Waals surface area contributed by atoms with Crippen LogP contribution < -0.4 is 0 Å². The largest absolute Gasteiger partial charge is 0.283 e. The molecule has 0 amide bonds. The first-order valence-electron chi connectivity index (χ1n) is 5.33. The number of nitro groups is 2. The number of nitro benzene ring substituents is 2. The van der Waals surface area contributed by atoms with E-state index < -0.39 is 9.85 Å². The van der Waals surface area contributed by atoms with Crippen molar-refractivity contribution in [1.82, 2.24) is 0 Å². The Morgan fingerprint density at radius 1 is 0.950 bits per heavy atom. The minimum Gasteiger partial charge on any atom is -0.258 e. The second kappa shape index (κ2) is 5.89. The molecule has 6 nitrogen and oxygen atoms in total. The van der Waals surface area contributed by atoms with Crippen LogP contribution in [0.25, 0.3) is 0 Å². The highest BCUT2D eigenvalue weighted by Gasteiger charge is 2.15. The Kier molecular flexibility index (Phi) is 4.21. The fourth-order valence-corrected chi connectivity index (χ4v) is 2.68. The normalized spacial score (nSPS) is 10.2. The van der Waals surface area contributed by atoms with E-state index in [1.165, 1.54) is 42.5 Å². The Bertz CT molecular complexity index is 676. The molecular weight excluding hydrogens is 304 g/mol. The van der Waals surface area contributed by atoms with Crippen molar-refractivity contribution in [2.75, 3.05) is 0 Å². The van der Waals surface area contributed by atoms with Gasteiger partial charge in [-0.1, -0.05) is 23.4 Å². The van der Waals surface area contributed by atoms with Gasteiger partial charge in [-0.3, -0.25) is 20.2 Å². The van der Waals surface area contributed by atoms with Gasteiger partial charge >= 0.3 is 0 Å². The number of nitrogens with zero attached hydrogens (tertiary/aromatic N) is 2. The van der Waals surface area contributed by atoms with E-state index in [4.69, 9.17) is 11.6 Å². The Morgan fingerprint density at radius 3 is 2.15 bits per heavy atom. The maximum Gasteiger partial charge on any atom is 0.283 e. The first kappa shape index (κ1) is 14.3. The smallest absolute Gasteiger partial charge is 0.258 e. The highest BCUT2D eigenvalue weighted by molar-refractivity contribution is 7.99. The van der Waals surface area contributed by atoms with Crippen molar-refractivity contribution in [2.24, 2.45) is 0 Å². The molecule has 2 aromatic carbocycles. The number of halogens is 1. The molecule has 0 aliphatic heterocycles. The zero-order valence-corrected chi connectivity index (χ0v) is 11.4. The first-order valence-corrected chi connectivity index (χ1v) is 6.53. The monoisotopic (exact) mass is 310 g/mol. The molecule has 0 aromatic heterocycles. The standard InChI is InChI=1S/C12H7ClN2O4S/c13-8-1-6-11(15(18)19)12(7-8)20-10-4-2-9(3-5-10)14(16)17/h1-7H. The van der Waals surface area contributed by atoms with E-state index in [-0.39, 0.29) is 11.4 Å². The van der Waals surface area contributed by atoms with Gasteiger partial charge in [0.2, 0.25) is 0 Å². The fraction of sp³-hybridized carbons (Fsp3) is 0. The Labute approximate surface area is 122 Å². The van der Waals surface area contributed by atoms with Gasteiger partial charge in [-0.25, -0.2) is 0 Å². The van der Waals surface area contributed by atoms with Crippen LogP contribution in [-0.2, 0) is 0 Å². The summed E-state index contributed by atoms with van der Waals surface area (Å²) in [7, 11) is 0. The predicted molar refractivity (Wildman–Crippen MR) is 75.3 cm³/mol. The molecule has 0 aliphatic carbocycles. The summed E-state index contributed by atoms with van der Waals surface area (Å²) in [6.45, 7) is 0. The van der Waals surface area contributed by atoms with Crippen molar-refractivity contribution in [3.05, 3.63) is 67.7 Å². The molecular formula is C12H7ClN2O4S. The number of rotatable bonds is 4. The van der Waals surface area contributed by atoms with Crippen molar-refractivity contribution < 1.29 is 9.85 Å². The third kappa shape index (κ3) is 3.25. The molecule has 2 rings (SSSR count). The second-order valence-corrected chi connectivity index (χ2v) is 5.27. The number of hydrogen-bond donors (Lipinski definition) is 0. The van der Waals surface area contributed by atoms with Crippen LogP contribution in [0.4, 0.5) is 11.4 Å². The van der Waals surface area contributed by atoms with Crippen molar-refractivity contribution in [1.29, 1.82) is 0 Å². The maximum absolute atomic E-state index is 10.9. The minimum absolute atomic E-state index is 0.0325. The van der Waals surface area contributed by atoms with Gasteiger partial charge in [-0.2, -0.15) is 0 Å². The lowest BCUT2D eigenvalue weighted by atomic mass is 10.3. The number of hydrogen-bond acceptors (Lipinski definition) is 5. The molecule has 0 atom stereocenters. The van der Waals surface area contributed by atoms with Crippen LogP contribution in [0.1, 0.15) is 0 Å². The van der Waals surface area contributed by atoms with E-state index in [9.17, 15) is 20.2 Å². The maximum atomic E-state index is 10.9. The third-order valence-corrected chi connectivity index (χ3v) is 3.68. The highest BCUT2D eigenvalue weighted by Crippen LogP contribution is 2.36. The van der Waals surface area contributed by atoms with Gasteiger partial charge in [0.15, 0.2) is 0 Å². The van der Waals surface area contributed by atoms with Gasteiger partial charge in [0.05, 0.1) is 14.7 Å². The molecule has 8 heteroatoms. The Morgan fingerprint density at radius 2 is 1.60 bits per heavy atom. The van der Waals surface area contributed by atoms with E-state index in [2.05, 4.69) is 0 Å². The number of benzene rings is 2. The molecule has 0 fully saturated rings. The number of non-ortho nitro benzene ring substituents is 1. The fourth-order valence-electron chi connectivity index (χ4n) is 1.48. The zero-order chi connectivity index (χ0) is 14.7. The molecule has 0 N–H and O–H groups in total. The molecule has 0 unspecified atom stereocenters. The summed E-state index contributed by atoms with van der Waals surface area (Å²) in [6, 6.07) is 10.0. The van der Waals surface area contributed by atoms with Crippen LogP contribution in [-0.4, -0.2) is 9.85 Å². The summed E-state index contributed by atoms with van der Waals surface area (Å²) >= 11 is 6.96. The highest BCUT2D eigenvalue weighted by atomic mass is 35.5. The molecule has 20 heavy (non-hydrogen) atoms. The molecule has 0 saturated heterocycles. The lowest BCUT2D eigenvalue weighted by Crippen LogP contribution is -1.91. The molecule has 0 radical (unpaired) electrons. The summed E-state index contributed by atoms with van der Waals surface area (Å²) in [5, 5.41) is 21.9. The Balaban J connectivity index is 2.31. The summed E-state index contributed by atoms with van der Waals surface area (Å²) in [5.74, 6) is 0. The van der Waals surface area contributed by atoms with E-state index in [0.29, 0.717) is 14.8 Å². The van der Waals surface area contributed by atoms with E-state index >= 15 is 0 Å². The summed E-state index contributed by atoms with van der Waals surface area (Å²) in [6.07, 6.45) is 0. The quantitative estimate of drug-likeness (QED) is 0.620. The minimum atomic E-state index is -0.504. The van der Waals surface area contributed by atoms with Crippen LogP contribution in [0.3, 0.4) is 0 Å². The lowest BCUT2D eigenvalue weighted by Gasteiger charge is -2.03. The van der Waals surface area contributed by atoms with Crippen LogP contribution >= 0.6 is 23.4 Å². The van der Waals surface area contributed by atoms with E-state index in [1.54, 1.807) is 0 Å². The van der Waals surface area contributed by atoms with Gasteiger partial charge < -0.3 is 0 Å². The molecule has 102 valence electrons. The lowest BCUT2D eigenvalue weighted by molar-refractivity contribution is -0.387. The average molecular weight is 311 g/mol. The third-order valence-electron chi connectivity index (χ3n) is 2.39. The first-order chi connectivity index (χ1) is 9.47. The Hall–Kier alpha value is -2.12. The van der Waals surface area contributed by atoms with Gasteiger partial charge in [-0.15, -0.1) is 0 Å². The van der Waals surface area contributed by atoms with Crippen molar-refractivity contribution in [3.63, 3.8) is 0 Å². The van der Waals surface area contributed by atoms with Crippen molar-refractivity contribution in [3.8, 4) is 0 Å². The molecule has 0 heterocycles. The predicted octanol–water partition coefficient (Wildman–Crippen LogP) is 4.31. The molecule has 0 saturated carbocycles. The molecule has 2 aromatic rings. The van der Waals surface area contributed by atoms with Gasteiger partial charge in [0.1, 0.15) is 0 Å². The summed E-state index contributed by atoms with van der Waals surface area (Å²) in [4.78, 5) is 21.5. The van der Waals surface area contributed by atoms with Crippen LogP contribution in [0.5, 0.6) is 0 Å². The van der Waals surface area contributed by atoms with Crippen LogP contribution in [0, 0.1) is 20.2 Å². The van der Waals surface area contributed by atoms with Crippen LogP contribution in [0.15, 0.2) is 52.3 Å². The van der Waals surface area contributed by atoms with Gasteiger partial charge in [0.25, 0.3) is 11.4 Å². The van der Waals surface area contributed by atoms with Gasteiger partial charge in [-0.05, 0) is 24.3 Å². The van der Waals surface area contributed by atoms with Gasteiger partial charge in [0, 0.05) is 28.1 Å². The summed E-state index contributed by atoms with van der Waals surface area (Å²) in [5.41, 5.74) is -0.0901. The second-order valence-electron chi connectivity index (χ2n) is 3.72. The molecule has 0 bridgehead atoms. The van der Waals surface area contributed by atoms with Crippen molar-refractivity contribution in [2.45, 2.75) is 9.79 Å². The summed E-state index contributed by atoms with van der Waals surface area (Å²) < 4.78 is 0.